The Morgan fingerprint density at radius 2 is 1.82 bits per heavy atom. The largest absolute Gasteiger partial charge is 0.421 e. The lowest BCUT2D eigenvalue weighted by Gasteiger charge is -2.10. The molecule has 0 aliphatic heterocycles. The van der Waals surface area contributed by atoms with Gasteiger partial charge in [0.25, 0.3) is 0 Å². The summed E-state index contributed by atoms with van der Waals surface area (Å²) in [7, 11) is 0. The van der Waals surface area contributed by atoms with E-state index in [2.05, 4.69) is 0 Å². The van der Waals surface area contributed by atoms with Crippen molar-refractivity contribution in [3.8, 4) is 0 Å². The lowest BCUT2D eigenvalue weighted by atomic mass is 10.2. The third kappa shape index (κ3) is 2.20. The van der Waals surface area contributed by atoms with Crippen LogP contribution >= 0.6 is 22.2 Å². The predicted octanol–water partition coefficient (Wildman–Crippen LogP) is 1.61. The maximum atomic E-state index is 9.34. The molecule has 0 aromatic heterocycles. The van der Waals surface area contributed by atoms with Gasteiger partial charge in [-0.1, -0.05) is 24.3 Å². The van der Waals surface area contributed by atoms with E-state index in [1.807, 2.05) is 25.1 Å². The first-order valence-corrected chi connectivity index (χ1v) is 7.15. The average molecular weight is 207 g/mol. The molecule has 1 aromatic rings. The van der Waals surface area contributed by atoms with Gasteiger partial charge in [-0.15, -0.1) is 22.2 Å². The maximum Gasteiger partial charge on any atom is 0.421 e. The van der Waals surface area contributed by atoms with Crippen LogP contribution in [-0.2, 0) is 0 Å². The molecule has 0 aliphatic rings. The van der Waals surface area contributed by atoms with E-state index in [1.165, 1.54) is 0 Å². The summed E-state index contributed by atoms with van der Waals surface area (Å²) in [6.07, 6.45) is 0. The second kappa shape index (κ2) is 3.15. The van der Waals surface area contributed by atoms with Crippen molar-refractivity contribution in [3.63, 3.8) is 0 Å². The van der Waals surface area contributed by atoms with Gasteiger partial charge < -0.3 is 4.80 Å². The summed E-state index contributed by atoms with van der Waals surface area (Å²) in [5.41, 5.74) is 0.937. The van der Waals surface area contributed by atoms with E-state index in [4.69, 9.17) is 22.2 Å². The average Bonchev–Trinajstić information content (AvgIpc) is 1.86. The number of hydrogen-bond donors (Lipinski definition) is 1. The molecular weight excluding hydrogens is 199 g/mol. The van der Waals surface area contributed by atoms with E-state index < -0.39 is 6.94 Å². The summed E-state index contributed by atoms with van der Waals surface area (Å²) in [6.45, 7) is -1.26. The summed E-state index contributed by atoms with van der Waals surface area (Å²) in [4.78, 5) is 9.34. The molecule has 0 unspecified atom stereocenters. The van der Waals surface area contributed by atoms with Crippen molar-refractivity contribution in [2.24, 2.45) is 0 Å². The van der Waals surface area contributed by atoms with Gasteiger partial charge in [-0.2, -0.15) is 0 Å². The summed E-state index contributed by atoms with van der Waals surface area (Å²) < 4.78 is 0. The zero-order valence-electron chi connectivity index (χ0n) is 6.01. The molecule has 0 bridgehead atoms. The predicted molar refractivity (Wildman–Crippen MR) is 50.5 cm³/mol. The van der Waals surface area contributed by atoms with Crippen molar-refractivity contribution in [2.45, 2.75) is 6.92 Å². The number of halogens is 2. The van der Waals surface area contributed by atoms with Crippen molar-refractivity contribution in [2.75, 3.05) is 0 Å². The Morgan fingerprint density at radius 1 is 1.27 bits per heavy atom. The minimum atomic E-state index is -3.13. The lowest BCUT2D eigenvalue weighted by Crippen LogP contribution is -2.38. The van der Waals surface area contributed by atoms with Crippen molar-refractivity contribution < 1.29 is 4.80 Å². The first-order chi connectivity index (χ1) is 5.02. The number of hydrogen-bond acceptors (Lipinski definition) is 1. The Balaban J connectivity index is 3.14. The standard InChI is InChI=1S/C7H8Cl2OSi/c1-6-4-2-3-5-7(6)11(8,9)10/h2-5,10H,1H3. The van der Waals surface area contributed by atoms with E-state index >= 15 is 0 Å². The third-order valence-corrected chi connectivity index (χ3v) is 3.90. The zero-order valence-corrected chi connectivity index (χ0v) is 8.52. The molecule has 0 aliphatic carbocycles. The smallest absolute Gasteiger partial charge is 0.405 e. The van der Waals surface area contributed by atoms with Gasteiger partial charge in [0, 0.05) is 0 Å². The fourth-order valence-corrected chi connectivity index (χ4v) is 3.04. The molecule has 1 rings (SSSR count). The van der Waals surface area contributed by atoms with Crippen molar-refractivity contribution in [3.05, 3.63) is 29.8 Å². The van der Waals surface area contributed by atoms with E-state index in [0.29, 0.717) is 5.19 Å². The first kappa shape index (κ1) is 9.07. The Labute approximate surface area is 76.1 Å². The fraction of sp³-hybridized carbons (Fsp3) is 0.143. The van der Waals surface area contributed by atoms with Crippen LogP contribution in [0.25, 0.3) is 0 Å². The van der Waals surface area contributed by atoms with Gasteiger partial charge in [-0.3, -0.25) is 0 Å². The number of aryl methyl sites for hydroxylation is 1. The van der Waals surface area contributed by atoms with Crippen LogP contribution in [0.3, 0.4) is 0 Å². The highest BCUT2D eigenvalue weighted by Gasteiger charge is 2.29. The molecule has 0 heterocycles. The molecule has 0 amide bonds. The van der Waals surface area contributed by atoms with Gasteiger partial charge in [-0.05, 0) is 17.7 Å². The quantitative estimate of drug-likeness (QED) is 0.548. The van der Waals surface area contributed by atoms with Crippen molar-refractivity contribution >= 4 is 34.3 Å². The highest BCUT2D eigenvalue weighted by molar-refractivity contribution is 7.47. The molecule has 60 valence electrons. The van der Waals surface area contributed by atoms with Gasteiger partial charge >= 0.3 is 6.94 Å². The second-order valence-corrected chi connectivity index (χ2v) is 7.84. The van der Waals surface area contributed by atoms with Crippen LogP contribution in [0.1, 0.15) is 5.56 Å². The van der Waals surface area contributed by atoms with Crippen molar-refractivity contribution in [1.82, 2.24) is 0 Å². The molecular formula is C7H8Cl2OSi. The second-order valence-electron chi connectivity index (χ2n) is 2.36. The minimum absolute atomic E-state index is 0.670. The van der Waals surface area contributed by atoms with Crippen molar-refractivity contribution in [1.29, 1.82) is 0 Å². The van der Waals surface area contributed by atoms with Gasteiger partial charge in [0.15, 0.2) is 0 Å². The van der Waals surface area contributed by atoms with E-state index in [1.54, 1.807) is 6.07 Å². The molecule has 0 fully saturated rings. The lowest BCUT2D eigenvalue weighted by molar-refractivity contribution is 0.598. The highest BCUT2D eigenvalue weighted by Crippen LogP contribution is 2.12. The SMILES string of the molecule is Cc1ccccc1[Si](O)(Cl)Cl. The fourth-order valence-electron chi connectivity index (χ4n) is 0.910. The third-order valence-electron chi connectivity index (χ3n) is 1.47. The van der Waals surface area contributed by atoms with Crippen LogP contribution in [0.5, 0.6) is 0 Å². The van der Waals surface area contributed by atoms with Crippen LogP contribution in [0.15, 0.2) is 24.3 Å². The summed E-state index contributed by atoms with van der Waals surface area (Å²) in [5, 5.41) is 0.670. The van der Waals surface area contributed by atoms with Crippen LogP contribution in [0, 0.1) is 6.92 Å². The van der Waals surface area contributed by atoms with Gasteiger partial charge in [-0.25, -0.2) is 0 Å². The zero-order chi connectivity index (χ0) is 8.48. The van der Waals surface area contributed by atoms with E-state index in [-0.39, 0.29) is 0 Å². The topological polar surface area (TPSA) is 20.2 Å². The van der Waals surface area contributed by atoms with Gasteiger partial charge in [0.1, 0.15) is 0 Å². The van der Waals surface area contributed by atoms with E-state index in [0.717, 1.165) is 5.56 Å². The van der Waals surface area contributed by atoms with E-state index in [9.17, 15) is 4.80 Å². The normalized spacial score (nSPS) is 11.6. The molecule has 1 aromatic carbocycles. The van der Waals surface area contributed by atoms with Crippen LogP contribution in [0.4, 0.5) is 0 Å². The molecule has 0 saturated heterocycles. The van der Waals surface area contributed by atoms with Crippen LogP contribution < -0.4 is 5.19 Å². The summed E-state index contributed by atoms with van der Waals surface area (Å²) in [5.74, 6) is 0. The Morgan fingerprint density at radius 3 is 2.18 bits per heavy atom. The molecule has 0 atom stereocenters. The first-order valence-electron chi connectivity index (χ1n) is 3.18. The Hall–Kier alpha value is -0.0231. The molecule has 1 nitrogen and oxygen atoms in total. The van der Waals surface area contributed by atoms with Crippen LogP contribution in [0.2, 0.25) is 0 Å². The van der Waals surface area contributed by atoms with Crippen LogP contribution in [-0.4, -0.2) is 11.7 Å². The molecule has 4 heteroatoms. The molecule has 0 radical (unpaired) electrons. The Bertz CT molecular complexity index is 257. The number of benzene rings is 1. The maximum absolute atomic E-state index is 9.34. The van der Waals surface area contributed by atoms with Gasteiger partial charge in [0.05, 0.1) is 0 Å². The molecule has 11 heavy (non-hydrogen) atoms. The monoisotopic (exact) mass is 206 g/mol. The Kier molecular flexibility index (Phi) is 2.60. The van der Waals surface area contributed by atoms with Gasteiger partial charge in [0.2, 0.25) is 0 Å². The summed E-state index contributed by atoms with van der Waals surface area (Å²) in [6, 6.07) is 7.32. The number of rotatable bonds is 1. The molecule has 0 spiro atoms. The molecule has 1 N–H and O–H groups in total. The minimum Gasteiger partial charge on any atom is -0.405 e. The highest BCUT2D eigenvalue weighted by atomic mass is 35.7. The molecule has 0 saturated carbocycles. The summed E-state index contributed by atoms with van der Waals surface area (Å²) >= 11 is 11.2.